The van der Waals surface area contributed by atoms with E-state index in [9.17, 15) is 4.39 Å². The van der Waals surface area contributed by atoms with E-state index in [1.54, 1.807) is 13.2 Å². The van der Waals surface area contributed by atoms with Gasteiger partial charge in [-0.1, -0.05) is 23.9 Å². The minimum Gasteiger partial charge on any atom is -0.383 e. The Balaban J connectivity index is 1.98. The molecule has 5 heteroatoms. The fourth-order valence-corrected chi connectivity index (χ4v) is 2.74. The standard InChI is InChI=1S/C16H19FN2OS/c1-12-8-13(10-18-6-7-20-2)11-19-16(12)21-15-5-3-4-14(17)9-15/h3-5,8-9,11,18H,6-7,10H2,1-2H3. The van der Waals surface area contributed by atoms with Gasteiger partial charge in [0.2, 0.25) is 0 Å². The Morgan fingerprint density at radius 1 is 1.33 bits per heavy atom. The monoisotopic (exact) mass is 306 g/mol. The molecule has 2 rings (SSSR count). The molecular formula is C16H19FN2OS. The van der Waals surface area contributed by atoms with Crippen molar-refractivity contribution in [2.24, 2.45) is 0 Å². The first kappa shape index (κ1) is 15.9. The summed E-state index contributed by atoms with van der Waals surface area (Å²) in [5.74, 6) is -0.225. The van der Waals surface area contributed by atoms with Crippen LogP contribution in [0.4, 0.5) is 4.39 Å². The lowest BCUT2D eigenvalue weighted by atomic mass is 10.2. The number of aryl methyl sites for hydroxylation is 1. The van der Waals surface area contributed by atoms with Crippen molar-refractivity contribution in [2.45, 2.75) is 23.4 Å². The Morgan fingerprint density at radius 3 is 2.90 bits per heavy atom. The van der Waals surface area contributed by atoms with Crippen LogP contribution in [0.2, 0.25) is 0 Å². The number of halogens is 1. The molecule has 0 fully saturated rings. The third-order valence-corrected chi connectivity index (χ3v) is 4.02. The van der Waals surface area contributed by atoms with Crippen molar-refractivity contribution >= 4 is 11.8 Å². The molecule has 1 aromatic carbocycles. The summed E-state index contributed by atoms with van der Waals surface area (Å²) < 4.78 is 18.2. The maximum Gasteiger partial charge on any atom is 0.124 e. The van der Waals surface area contributed by atoms with Crippen LogP contribution < -0.4 is 5.32 Å². The summed E-state index contributed by atoms with van der Waals surface area (Å²) >= 11 is 1.48. The summed E-state index contributed by atoms with van der Waals surface area (Å²) in [5, 5.41) is 4.19. The number of methoxy groups -OCH3 is 1. The Kier molecular flexibility index (Phi) is 6.17. The Bertz CT molecular complexity index is 592. The van der Waals surface area contributed by atoms with E-state index in [1.165, 1.54) is 23.9 Å². The summed E-state index contributed by atoms with van der Waals surface area (Å²) in [6.07, 6.45) is 1.86. The Hall–Kier alpha value is -1.43. The number of nitrogens with one attached hydrogen (secondary N) is 1. The fraction of sp³-hybridized carbons (Fsp3) is 0.312. The highest BCUT2D eigenvalue weighted by atomic mass is 32.2. The molecule has 112 valence electrons. The normalized spacial score (nSPS) is 10.8. The van der Waals surface area contributed by atoms with Gasteiger partial charge in [-0.3, -0.25) is 0 Å². The van der Waals surface area contributed by atoms with Crippen LogP contribution in [0.25, 0.3) is 0 Å². The topological polar surface area (TPSA) is 34.1 Å². The van der Waals surface area contributed by atoms with Crippen LogP contribution >= 0.6 is 11.8 Å². The molecule has 0 aliphatic carbocycles. The van der Waals surface area contributed by atoms with E-state index in [0.717, 1.165) is 34.1 Å². The lowest BCUT2D eigenvalue weighted by Gasteiger charge is -2.08. The quantitative estimate of drug-likeness (QED) is 0.795. The Morgan fingerprint density at radius 2 is 2.19 bits per heavy atom. The molecule has 0 saturated carbocycles. The summed E-state index contributed by atoms with van der Waals surface area (Å²) in [6, 6.07) is 8.66. The molecule has 0 spiro atoms. The van der Waals surface area contributed by atoms with Crippen molar-refractivity contribution in [3.05, 3.63) is 53.5 Å². The van der Waals surface area contributed by atoms with Gasteiger partial charge in [0.1, 0.15) is 10.8 Å². The molecule has 21 heavy (non-hydrogen) atoms. The van der Waals surface area contributed by atoms with E-state index in [2.05, 4.69) is 16.4 Å². The van der Waals surface area contributed by atoms with E-state index in [-0.39, 0.29) is 5.82 Å². The molecule has 0 unspecified atom stereocenters. The van der Waals surface area contributed by atoms with Crippen LogP contribution in [-0.4, -0.2) is 25.2 Å². The molecule has 1 heterocycles. The number of rotatable bonds is 7. The lowest BCUT2D eigenvalue weighted by molar-refractivity contribution is 0.199. The molecule has 0 saturated heterocycles. The van der Waals surface area contributed by atoms with E-state index in [0.29, 0.717) is 6.61 Å². The number of aromatic nitrogens is 1. The van der Waals surface area contributed by atoms with Crippen LogP contribution in [-0.2, 0) is 11.3 Å². The highest BCUT2D eigenvalue weighted by molar-refractivity contribution is 7.99. The van der Waals surface area contributed by atoms with Gasteiger partial charge in [-0.25, -0.2) is 9.37 Å². The van der Waals surface area contributed by atoms with Gasteiger partial charge < -0.3 is 10.1 Å². The molecule has 0 amide bonds. The summed E-state index contributed by atoms with van der Waals surface area (Å²) in [7, 11) is 1.69. The molecule has 3 nitrogen and oxygen atoms in total. The van der Waals surface area contributed by atoms with Crippen molar-refractivity contribution < 1.29 is 9.13 Å². The fourth-order valence-electron chi connectivity index (χ4n) is 1.87. The second kappa shape index (κ2) is 8.12. The van der Waals surface area contributed by atoms with Crippen molar-refractivity contribution in [3.63, 3.8) is 0 Å². The number of pyridine rings is 1. The van der Waals surface area contributed by atoms with Crippen LogP contribution in [0.3, 0.4) is 0 Å². The molecule has 2 aromatic rings. The first-order valence-corrected chi connectivity index (χ1v) is 7.59. The predicted molar refractivity (Wildman–Crippen MR) is 83.1 cm³/mol. The third kappa shape index (κ3) is 5.12. The minimum atomic E-state index is -0.225. The first-order valence-electron chi connectivity index (χ1n) is 6.77. The number of ether oxygens (including phenoxy) is 1. The number of hydrogen-bond donors (Lipinski definition) is 1. The van der Waals surface area contributed by atoms with Gasteiger partial charge in [0.25, 0.3) is 0 Å². The van der Waals surface area contributed by atoms with Crippen molar-refractivity contribution in [2.75, 3.05) is 20.3 Å². The lowest BCUT2D eigenvalue weighted by Crippen LogP contribution is -2.18. The van der Waals surface area contributed by atoms with Gasteiger partial charge in [0.05, 0.1) is 6.61 Å². The van der Waals surface area contributed by atoms with E-state index >= 15 is 0 Å². The van der Waals surface area contributed by atoms with Crippen molar-refractivity contribution in [3.8, 4) is 0 Å². The molecule has 1 aromatic heterocycles. The zero-order chi connectivity index (χ0) is 15.1. The van der Waals surface area contributed by atoms with E-state index in [1.807, 2.05) is 19.2 Å². The zero-order valence-electron chi connectivity index (χ0n) is 12.2. The minimum absolute atomic E-state index is 0.225. The first-order chi connectivity index (χ1) is 10.2. The predicted octanol–water partition coefficient (Wildman–Crippen LogP) is 3.42. The van der Waals surface area contributed by atoms with Crippen LogP contribution in [0, 0.1) is 12.7 Å². The average molecular weight is 306 g/mol. The highest BCUT2D eigenvalue weighted by Crippen LogP contribution is 2.29. The molecular weight excluding hydrogens is 287 g/mol. The molecule has 0 aliphatic rings. The zero-order valence-corrected chi connectivity index (χ0v) is 13.0. The highest BCUT2D eigenvalue weighted by Gasteiger charge is 2.05. The van der Waals surface area contributed by atoms with Crippen LogP contribution in [0.5, 0.6) is 0 Å². The molecule has 0 atom stereocenters. The summed E-state index contributed by atoms with van der Waals surface area (Å²) in [4.78, 5) is 5.33. The van der Waals surface area contributed by atoms with Crippen LogP contribution in [0.15, 0.2) is 46.5 Å². The van der Waals surface area contributed by atoms with Gasteiger partial charge in [0.15, 0.2) is 0 Å². The van der Waals surface area contributed by atoms with Gasteiger partial charge in [-0.15, -0.1) is 0 Å². The Labute approximate surface area is 128 Å². The van der Waals surface area contributed by atoms with Gasteiger partial charge in [0, 0.05) is 31.3 Å². The van der Waals surface area contributed by atoms with Gasteiger partial charge in [-0.2, -0.15) is 0 Å². The maximum absolute atomic E-state index is 13.2. The average Bonchev–Trinajstić information content (AvgIpc) is 2.46. The second-order valence-electron chi connectivity index (χ2n) is 4.69. The van der Waals surface area contributed by atoms with Gasteiger partial charge in [-0.05, 0) is 36.2 Å². The number of benzene rings is 1. The van der Waals surface area contributed by atoms with E-state index < -0.39 is 0 Å². The molecule has 0 aliphatic heterocycles. The second-order valence-corrected chi connectivity index (χ2v) is 5.76. The van der Waals surface area contributed by atoms with E-state index in [4.69, 9.17) is 4.74 Å². The summed E-state index contributed by atoms with van der Waals surface area (Å²) in [5.41, 5.74) is 2.22. The number of hydrogen-bond acceptors (Lipinski definition) is 4. The van der Waals surface area contributed by atoms with Gasteiger partial charge >= 0.3 is 0 Å². The molecule has 0 bridgehead atoms. The molecule has 0 radical (unpaired) electrons. The molecule has 1 N–H and O–H groups in total. The SMILES string of the molecule is COCCNCc1cnc(Sc2cccc(F)c2)c(C)c1. The van der Waals surface area contributed by atoms with Crippen LogP contribution in [0.1, 0.15) is 11.1 Å². The largest absolute Gasteiger partial charge is 0.383 e. The number of nitrogens with zero attached hydrogens (tertiary/aromatic N) is 1. The third-order valence-electron chi connectivity index (χ3n) is 2.91. The summed E-state index contributed by atoms with van der Waals surface area (Å²) in [6.45, 7) is 4.30. The van der Waals surface area contributed by atoms with Crippen molar-refractivity contribution in [1.82, 2.24) is 10.3 Å². The smallest absolute Gasteiger partial charge is 0.124 e. The maximum atomic E-state index is 13.2. The van der Waals surface area contributed by atoms with Crippen molar-refractivity contribution in [1.29, 1.82) is 0 Å².